The van der Waals surface area contributed by atoms with Crippen molar-refractivity contribution in [2.75, 3.05) is 0 Å². The molecule has 6 heteroatoms. The van der Waals surface area contributed by atoms with Gasteiger partial charge in [-0.1, -0.05) is 48.8 Å². The Hall–Kier alpha value is -3.05. The van der Waals surface area contributed by atoms with E-state index in [9.17, 15) is 4.79 Å². The Morgan fingerprint density at radius 1 is 1.03 bits per heavy atom. The van der Waals surface area contributed by atoms with Gasteiger partial charge in [-0.2, -0.15) is 0 Å². The van der Waals surface area contributed by atoms with Gasteiger partial charge in [0.15, 0.2) is 0 Å². The number of carbonyl (C=O) groups is 1. The Balaban J connectivity index is 1.51. The van der Waals surface area contributed by atoms with Crippen LogP contribution in [-0.2, 0) is 11.2 Å². The molecule has 2 aromatic carbocycles. The Labute approximate surface area is 218 Å². The van der Waals surface area contributed by atoms with Crippen LogP contribution >= 0.6 is 11.6 Å². The number of nitrogens with one attached hydrogen (secondary N) is 1. The van der Waals surface area contributed by atoms with Crippen molar-refractivity contribution in [1.29, 1.82) is 0 Å². The Bertz CT molecular complexity index is 1350. The first-order valence-electron chi connectivity index (χ1n) is 12.6. The lowest BCUT2D eigenvalue weighted by atomic mass is 9.93. The zero-order valence-corrected chi connectivity index (χ0v) is 22.7. The third-order valence-corrected chi connectivity index (χ3v) is 7.16. The molecule has 4 rings (SSSR count). The summed E-state index contributed by atoms with van der Waals surface area (Å²) in [5.74, 6) is 1.90. The number of nitrogens with zero attached hydrogens (tertiary/aromatic N) is 1. The Kier molecular flexibility index (Phi) is 7.89. The maximum absolute atomic E-state index is 13.1. The van der Waals surface area contributed by atoms with Gasteiger partial charge in [0.05, 0.1) is 18.2 Å². The number of alkyl halides is 1. The minimum Gasteiger partial charge on any atom is -0.459 e. The number of carbonyl (C=O) groups excluding carboxylic acids is 1. The molecule has 0 aliphatic heterocycles. The van der Waals surface area contributed by atoms with E-state index in [-0.39, 0.29) is 11.9 Å². The number of benzene rings is 2. The number of fused-ring (bicyclic) bond motifs is 1. The second kappa shape index (κ2) is 10.9. The first kappa shape index (κ1) is 26.0. The average Bonchev–Trinajstić information content (AvgIpc) is 3.38. The summed E-state index contributed by atoms with van der Waals surface area (Å²) in [5, 5.41) is 7.72. The van der Waals surface area contributed by atoms with Crippen LogP contribution in [0.5, 0.6) is 0 Å². The third-order valence-electron chi connectivity index (χ3n) is 6.72. The number of aryl methyl sites for hydroxylation is 4. The van der Waals surface area contributed by atoms with Crippen molar-refractivity contribution in [3.63, 3.8) is 0 Å². The molecule has 190 valence electrons. The quantitative estimate of drug-likeness (QED) is 0.235. The lowest BCUT2D eigenvalue weighted by Gasteiger charge is -2.22. The highest BCUT2D eigenvalue weighted by molar-refractivity contribution is 6.22. The van der Waals surface area contributed by atoms with Crippen molar-refractivity contribution in [3.8, 4) is 0 Å². The van der Waals surface area contributed by atoms with Crippen LogP contribution in [0.15, 0.2) is 51.4 Å². The Morgan fingerprint density at radius 2 is 1.81 bits per heavy atom. The molecule has 0 spiro atoms. The van der Waals surface area contributed by atoms with Crippen molar-refractivity contribution in [1.82, 2.24) is 10.5 Å². The SMILES string of the molecule is Cc1ccc(C(CCC(C)C)NC(=O)Cc2ccc3oc(C(Cl)c4c(C)noc4C)cc3c2)c(C)c1. The van der Waals surface area contributed by atoms with Gasteiger partial charge < -0.3 is 14.3 Å². The van der Waals surface area contributed by atoms with Crippen LogP contribution in [0.2, 0.25) is 0 Å². The van der Waals surface area contributed by atoms with Gasteiger partial charge in [0, 0.05) is 10.9 Å². The van der Waals surface area contributed by atoms with E-state index in [1.807, 2.05) is 38.1 Å². The molecule has 2 atom stereocenters. The van der Waals surface area contributed by atoms with Crippen LogP contribution in [0.3, 0.4) is 0 Å². The van der Waals surface area contributed by atoms with Crippen LogP contribution in [0.4, 0.5) is 0 Å². The summed E-state index contributed by atoms with van der Waals surface area (Å²) in [5.41, 5.74) is 6.87. The molecule has 0 bridgehead atoms. The lowest BCUT2D eigenvalue weighted by Crippen LogP contribution is -2.30. The van der Waals surface area contributed by atoms with E-state index in [0.29, 0.717) is 23.9 Å². The number of hydrogen-bond acceptors (Lipinski definition) is 4. The van der Waals surface area contributed by atoms with Crippen LogP contribution in [0, 0.1) is 33.6 Å². The minimum absolute atomic E-state index is 0.00295. The summed E-state index contributed by atoms with van der Waals surface area (Å²) in [6.07, 6.45) is 2.26. The lowest BCUT2D eigenvalue weighted by molar-refractivity contribution is -0.121. The Morgan fingerprint density at radius 3 is 2.47 bits per heavy atom. The third kappa shape index (κ3) is 5.84. The normalized spacial score (nSPS) is 13.3. The predicted octanol–water partition coefficient (Wildman–Crippen LogP) is 7.82. The van der Waals surface area contributed by atoms with Crippen molar-refractivity contribution in [2.45, 2.75) is 72.2 Å². The highest BCUT2D eigenvalue weighted by Gasteiger charge is 2.24. The maximum Gasteiger partial charge on any atom is 0.224 e. The van der Waals surface area contributed by atoms with Gasteiger partial charge in [0.2, 0.25) is 5.91 Å². The number of hydrogen-bond donors (Lipinski definition) is 1. The maximum atomic E-state index is 13.1. The second-order valence-electron chi connectivity index (χ2n) is 10.2. The number of halogens is 1. The van der Waals surface area contributed by atoms with Crippen molar-refractivity contribution in [2.24, 2.45) is 5.92 Å². The molecule has 5 nitrogen and oxygen atoms in total. The van der Waals surface area contributed by atoms with Crippen LogP contribution in [-0.4, -0.2) is 11.1 Å². The molecule has 1 amide bonds. The van der Waals surface area contributed by atoms with Gasteiger partial charge in [-0.25, -0.2) is 0 Å². The van der Waals surface area contributed by atoms with Crippen LogP contribution in [0.1, 0.15) is 83.1 Å². The largest absolute Gasteiger partial charge is 0.459 e. The van der Waals surface area contributed by atoms with E-state index in [4.69, 9.17) is 20.5 Å². The van der Waals surface area contributed by atoms with Crippen molar-refractivity contribution in [3.05, 3.63) is 87.5 Å². The summed E-state index contributed by atoms with van der Waals surface area (Å²) >= 11 is 6.71. The average molecular weight is 507 g/mol. The number of aromatic nitrogens is 1. The molecule has 0 saturated heterocycles. The molecule has 0 aliphatic carbocycles. The summed E-state index contributed by atoms with van der Waals surface area (Å²) < 4.78 is 11.3. The van der Waals surface area contributed by atoms with Gasteiger partial charge in [-0.15, -0.1) is 11.6 Å². The number of rotatable bonds is 9. The van der Waals surface area contributed by atoms with Crippen LogP contribution < -0.4 is 5.32 Å². The van der Waals surface area contributed by atoms with Crippen molar-refractivity contribution < 1.29 is 13.7 Å². The minimum atomic E-state index is -0.491. The molecule has 1 N–H and O–H groups in total. The molecule has 4 aromatic rings. The fourth-order valence-corrected chi connectivity index (χ4v) is 5.21. The first-order chi connectivity index (χ1) is 17.1. The van der Waals surface area contributed by atoms with E-state index in [1.165, 1.54) is 16.7 Å². The van der Waals surface area contributed by atoms with Gasteiger partial charge in [0.25, 0.3) is 0 Å². The van der Waals surface area contributed by atoms with Crippen LogP contribution in [0.25, 0.3) is 11.0 Å². The molecular weight excluding hydrogens is 472 g/mol. The molecule has 2 heterocycles. The monoisotopic (exact) mass is 506 g/mol. The molecule has 0 aliphatic rings. The van der Waals surface area contributed by atoms with Gasteiger partial charge in [0.1, 0.15) is 22.5 Å². The zero-order chi connectivity index (χ0) is 26.0. The summed E-state index contributed by atoms with van der Waals surface area (Å²) in [4.78, 5) is 13.1. The van der Waals surface area contributed by atoms with E-state index < -0.39 is 5.38 Å². The summed E-state index contributed by atoms with van der Waals surface area (Å²) in [6.45, 7) is 12.4. The molecule has 2 aromatic heterocycles. The highest BCUT2D eigenvalue weighted by Crippen LogP contribution is 2.36. The van der Waals surface area contributed by atoms with E-state index >= 15 is 0 Å². The smallest absolute Gasteiger partial charge is 0.224 e. The van der Waals surface area contributed by atoms with Gasteiger partial charge in [-0.05, 0) is 81.3 Å². The predicted molar refractivity (Wildman–Crippen MR) is 144 cm³/mol. The molecule has 0 fully saturated rings. The van der Waals surface area contributed by atoms with Crippen molar-refractivity contribution >= 4 is 28.5 Å². The molecule has 0 saturated carbocycles. The summed E-state index contributed by atoms with van der Waals surface area (Å²) in [7, 11) is 0. The van der Waals surface area contributed by atoms with Gasteiger partial charge >= 0.3 is 0 Å². The van der Waals surface area contributed by atoms with E-state index in [1.54, 1.807) is 0 Å². The van der Waals surface area contributed by atoms with E-state index in [2.05, 4.69) is 56.4 Å². The number of amides is 1. The molecule has 36 heavy (non-hydrogen) atoms. The summed E-state index contributed by atoms with van der Waals surface area (Å²) in [6, 6.07) is 14.2. The van der Waals surface area contributed by atoms with Gasteiger partial charge in [-0.3, -0.25) is 4.79 Å². The zero-order valence-electron chi connectivity index (χ0n) is 21.9. The topological polar surface area (TPSA) is 68.3 Å². The van der Waals surface area contributed by atoms with E-state index in [0.717, 1.165) is 40.6 Å². The highest BCUT2D eigenvalue weighted by atomic mass is 35.5. The number of furan rings is 1. The fraction of sp³-hybridized carbons (Fsp3) is 0.400. The molecule has 2 unspecified atom stereocenters. The fourth-order valence-electron chi connectivity index (χ4n) is 4.80. The second-order valence-corrected chi connectivity index (χ2v) is 10.7. The molecule has 0 radical (unpaired) electrons. The first-order valence-corrected chi connectivity index (χ1v) is 13.0. The standard InChI is InChI=1S/C30H35ClN2O3/c1-17(2)7-11-25(24-10-8-18(3)13-19(24)4)32-28(34)15-22-9-12-26-23(14-22)16-27(35-26)30(31)29-20(5)33-36-21(29)6/h8-10,12-14,16-17,25,30H,7,11,15H2,1-6H3,(H,32,34). The molecular formula is C30H35ClN2O3.